The molecule has 1 heterocycles. The molecule has 22 heavy (non-hydrogen) atoms. The van der Waals surface area contributed by atoms with Gasteiger partial charge in [-0.1, -0.05) is 0 Å². The first kappa shape index (κ1) is 16.8. The Hall–Kier alpha value is -3.23. The first-order chi connectivity index (χ1) is 10.2. The van der Waals surface area contributed by atoms with Crippen LogP contribution in [0.3, 0.4) is 0 Å². The van der Waals surface area contributed by atoms with E-state index in [4.69, 9.17) is 0 Å². The first-order valence-corrected chi connectivity index (χ1v) is 6.43. The number of aromatic nitrogens is 3. The average Bonchev–Trinajstić information content (AvgIpc) is 2.52. The maximum Gasteiger partial charge on any atom is 0.226 e. The van der Waals surface area contributed by atoms with Gasteiger partial charge in [-0.3, -0.25) is 0 Å². The van der Waals surface area contributed by atoms with Crippen LogP contribution in [0, 0.1) is 45.3 Å². The summed E-state index contributed by atoms with van der Waals surface area (Å²) in [6.07, 6.45) is 0. The van der Waals surface area contributed by atoms with Crippen molar-refractivity contribution in [1.29, 1.82) is 21.0 Å². The number of nitriles is 4. The summed E-state index contributed by atoms with van der Waals surface area (Å²) in [6.45, 7) is 6.43. The number of anilines is 1. The lowest BCUT2D eigenvalue weighted by atomic mass is 9.91. The molecule has 0 saturated carbocycles. The van der Waals surface area contributed by atoms with Gasteiger partial charge in [-0.2, -0.15) is 31.0 Å². The number of rotatable bonds is 4. The molecule has 1 rings (SSSR count). The fourth-order valence-electron chi connectivity index (χ4n) is 1.40. The highest BCUT2D eigenvalue weighted by Crippen LogP contribution is 2.24. The van der Waals surface area contributed by atoms with Gasteiger partial charge in [-0.25, -0.2) is 4.98 Å². The molecule has 0 aliphatic heterocycles. The summed E-state index contributed by atoms with van der Waals surface area (Å²) in [5.74, 6) is -0.0757. The van der Waals surface area contributed by atoms with Crippen molar-refractivity contribution in [3.05, 3.63) is 11.6 Å². The predicted octanol–water partition coefficient (Wildman–Crippen LogP) is 1.30. The minimum atomic E-state index is -1.60. The maximum atomic E-state index is 9.20. The van der Waals surface area contributed by atoms with Gasteiger partial charge in [-0.15, -0.1) is 0 Å². The topological polar surface area (TPSA) is 146 Å². The second-order valence-corrected chi connectivity index (χ2v) is 5.30. The predicted molar refractivity (Wildman–Crippen MR) is 75.7 cm³/mol. The highest BCUT2D eigenvalue weighted by atomic mass is 15.2. The van der Waals surface area contributed by atoms with Gasteiger partial charge >= 0.3 is 0 Å². The van der Waals surface area contributed by atoms with Gasteiger partial charge in [0.05, 0.1) is 24.3 Å². The van der Waals surface area contributed by atoms with Crippen molar-refractivity contribution >= 4 is 5.95 Å². The van der Waals surface area contributed by atoms with Crippen LogP contribution in [0.1, 0.15) is 39.3 Å². The lowest BCUT2D eigenvalue weighted by Crippen LogP contribution is -2.29. The molecular formula is C14H14N8. The van der Waals surface area contributed by atoms with Crippen molar-refractivity contribution < 1.29 is 0 Å². The van der Waals surface area contributed by atoms with Crippen molar-refractivity contribution in [3.8, 4) is 24.3 Å². The summed E-state index contributed by atoms with van der Waals surface area (Å²) in [5, 5.41) is 39.7. The zero-order chi connectivity index (χ0) is 17.0. The molecule has 8 nitrogen and oxygen atoms in total. The van der Waals surface area contributed by atoms with Crippen molar-refractivity contribution in [1.82, 2.24) is 15.0 Å². The van der Waals surface area contributed by atoms with E-state index in [1.54, 1.807) is 0 Å². The molecule has 0 radical (unpaired) electrons. The lowest BCUT2D eigenvalue weighted by Gasteiger charge is -2.18. The number of nitrogens with one attached hydrogen (secondary N) is 1. The standard InChI is InChI=1S/C14H14N8/c1-9(2)19-12-21-10(13(3,5-15)6-16)20-11(22-12)14(4,7-17)8-18/h9H,1-4H3,(H,19,20,21,22). The van der Waals surface area contributed by atoms with E-state index in [9.17, 15) is 21.0 Å². The van der Waals surface area contributed by atoms with E-state index in [0.717, 1.165) is 0 Å². The molecule has 0 aromatic carbocycles. The maximum absolute atomic E-state index is 9.20. The number of hydrogen-bond acceptors (Lipinski definition) is 8. The first-order valence-electron chi connectivity index (χ1n) is 6.43. The third-order valence-electron chi connectivity index (χ3n) is 2.84. The molecule has 0 fully saturated rings. The van der Waals surface area contributed by atoms with E-state index >= 15 is 0 Å². The van der Waals surface area contributed by atoms with Gasteiger partial charge in [0.2, 0.25) is 5.95 Å². The zero-order valence-corrected chi connectivity index (χ0v) is 12.7. The Kier molecular flexibility index (Phi) is 4.62. The van der Waals surface area contributed by atoms with E-state index in [2.05, 4.69) is 20.3 Å². The third-order valence-corrected chi connectivity index (χ3v) is 2.84. The lowest BCUT2D eigenvalue weighted by molar-refractivity contribution is 0.642. The second kappa shape index (κ2) is 6.04. The summed E-state index contributed by atoms with van der Waals surface area (Å²) in [6, 6.07) is 7.31. The highest BCUT2D eigenvalue weighted by molar-refractivity contribution is 5.39. The second-order valence-electron chi connectivity index (χ2n) is 5.30. The normalized spacial score (nSPS) is 11.0. The molecule has 0 aliphatic rings. The van der Waals surface area contributed by atoms with Gasteiger partial charge in [0.25, 0.3) is 0 Å². The summed E-state index contributed by atoms with van der Waals surface area (Å²) in [4.78, 5) is 12.2. The van der Waals surface area contributed by atoms with E-state index in [0.29, 0.717) is 0 Å². The largest absolute Gasteiger partial charge is 0.352 e. The molecule has 0 unspecified atom stereocenters. The minimum absolute atomic E-state index is 0.0195. The molecular weight excluding hydrogens is 280 g/mol. The molecule has 0 aliphatic carbocycles. The van der Waals surface area contributed by atoms with Crippen molar-refractivity contribution in [2.45, 2.75) is 44.6 Å². The van der Waals surface area contributed by atoms with Crippen LogP contribution in [0.4, 0.5) is 5.95 Å². The fourth-order valence-corrected chi connectivity index (χ4v) is 1.40. The van der Waals surface area contributed by atoms with Gasteiger partial charge < -0.3 is 5.32 Å². The molecule has 8 heteroatoms. The Morgan fingerprint density at radius 3 is 1.45 bits per heavy atom. The molecule has 0 atom stereocenters. The van der Waals surface area contributed by atoms with Crippen molar-refractivity contribution in [3.63, 3.8) is 0 Å². The molecule has 0 saturated heterocycles. The number of hydrogen-bond donors (Lipinski definition) is 1. The quantitative estimate of drug-likeness (QED) is 0.874. The van der Waals surface area contributed by atoms with Crippen molar-refractivity contribution in [2.75, 3.05) is 5.32 Å². The molecule has 0 amide bonds. The highest BCUT2D eigenvalue weighted by Gasteiger charge is 2.36. The van der Waals surface area contributed by atoms with Gasteiger partial charge in [0.1, 0.15) is 0 Å². The van der Waals surface area contributed by atoms with Crippen LogP contribution in [0.25, 0.3) is 0 Å². The summed E-state index contributed by atoms with van der Waals surface area (Å²) in [5.41, 5.74) is -3.20. The minimum Gasteiger partial charge on any atom is -0.352 e. The van der Waals surface area contributed by atoms with Gasteiger partial charge in [-0.05, 0) is 27.7 Å². The molecule has 0 bridgehead atoms. The van der Waals surface area contributed by atoms with Gasteiger partial charge in [0.15, 0.2) is 22.5 Å². The molecule has 0 spiro atoms. The van der Waals surface area contributed by atoms with Crippen molar-refractivity contribution in [2.24, 2.45) is 0 Å². The Bertz CT molecular complexity index is 654. The summed E-state index contributed by atoms with van der Waals surface area (Å²) >= 11 is 0. The smallest absolute Gasteiger partial charge is 0.226 e. The van der Waals surface area contributed by atoms with Crippen LogP contribution in [0.5, 0.6) is 0 Å². The Labute approximate surface area is 128 Å². The van der Waals surface area contributed by atoms with E-state index in [-0.39, 0.29) is 23.6 Å². The van der Waals surface area contributed by atoms with Crippen LogP contribution < -0.4 is 5.32 Å². The summed E-state index contributed by atoms with van der Waals surface area (Å²) in [7, 11) is 0. The fraction of sp³-hybridized carbons (Fsp3) is 0.500. The van der Waals surface area contributed by atoms with E-state index in [1.807, 2.05) is 38.1 Å². The SMILES string of the molecule is CC(C)Nc1nc(C(C)(C#N)C#N)nc(C(C)(C#N)C#N)n1. The van der Waals surface area contributed by atoms with E-state index < -0.39 is 10.8 Å². The summed E-state index contributed by atoms with van der Waals surface area (Å²) < 4.78 is 0. The van der Waals surface area contributed by atoms with Crippen LogP contribution in [0.15, 0.2) is 0 Å². The Morgan fingerprint density at radius 2 is 1.18 bits per heavy atom. The monoisotopic (exact) mass is 294 g/mol. The Morgan fingerprint density at radius 1 is 0.818 bits per heavy atom. The van der Waals surface area contributed by atoms with Crippen LogP contribution in [-0.2, 0) is 10.8 Å². The molecule has 1 N–H and O–H groups in total. The van der Waals surface area contributed by atoms with Gasteiger partial charge in [0, 0.05) is 6.04 Å². The van der Waals surface area contributed by atoms with Crippen LogP contribution in [-0.4, -0.2) is 21.0 Å². The van der Waals surface area contributed by atoms with Crippen LogP contribution in [0.2, 0.25) is 0 Å². The molecule has 1 aromatic rings. The third kappa shape index (κ3) is 3.08. The average molecular weight is 294 g/mol. The zero-order valence-electron chi connectivity index (χ0n) is 12.7. The van der Waals surface area contributed by atoms with Crippen LogP contribution >= 0.6 is 0 Å². The molecule has 1 aromatic heterocycles. The Balaban J connectivity index is 3.63. The van der Waals surface area contributed by atoms with E-state index in [1.165, 1.54) is 13.8 Å². The molecule has 110 valence electrons. The number of nitrogens with zero attached hydrogens (tertiary/aromatic N) is 7.